The Bertz CT molecular complexity index is 1370. The molecule has 0 spiro atoms. The minimum absolute atomic E-state index is 0.322. The Morgan fingerprint density at radius 1 is 0.523 bits per heavy atom. The van der Waals surface area contributed by atoms with Gasteiger partial charge in [0.15, 0.2) is 6.10 Å². The molecule has 0 unspecified atom stereocenters. The molecule has 0 amide bonds. The second kappa shape index (κ2) is 17.4. The van der Waals surface area contributed by atoms with Crippen LogP contribution in [0.4, 0.5) is 0 Å². The monoisotopic (exact) mass is 595 g/mol. The van der Waals surface area contributed by atoms with Gasteiger partial charge in [0, 0.05) is 7.11 Å². The predicted octanol–water partition coefficient (Wildman–Crippen LogP) is 6.40. The Balaban J connectivity index is 1.44. The molecule has 0 aromatic heterocycles. The van der Waals surface area contributed by atoms with Crippen LogP contribution >= 0.6 is 0 Å². The molecule has 1 aliphatic rings. The first-order valence-electron chi connectivity index (χ1n) is 15.1. The summed E-state index contributed by atoms with van der Waals surface area (Å²) in [7, 11) is 1.65. The highest BCUT2D eigenvalue weighted by atomic mass is 16.6. The highest BCUT2D eigenvalue weighted by molar-refractivity contribution is 5.83. The van der Waals surface area contributed by atoms with Gasteiger partial charge in [0.1, 0.15) is 24.9 Å². The van der Waals surface area contributed by atoms with E-state index in [1.807, 2.05) is 109 Å². The number of aliphatic imine (C=N–C) groups is 1. The van der Waals surface area contributed by atoms with Crippen molar-refractivity contribution in [2.24, 2.45) is 4.99 Å². The molecule has 4 atom stereocenters. The normalized spacial score (nSPS) is 19.8. The summed E-state index contributed by atoms with van der Waals surface area (Å²) >= 11 is 0. The number of benzene rings is 4. The first kappa shape index (κ1) is 31.6. The van der Waals surface area contributed by atoms with Crippen LogP contribution in [0, 0.1) is 0 Å². The van der Waals surface area contributed by atoms with Gasteiger partial charge in [-0.3, -0.25) is 0 Å². The molecule has 4 aromatic rings. The molecule has 7 heteroatoms. The number of methoxy groups -OCH3 is 1. The first-order valence-corrected chi connectivity index (χ1v) is 15.1. The lowest BCUT2D eigenvalue weighted by Gasteiger charge is -2.40. The molecule has 7 nitrogen and oxygen atoms in total. The second-order valence-electron chi connectivity index (χ2n) is 10.6. The van der Waals surface area contributed by atoms with Crippen LogP contribution in [-0.2, 0) is 54.8 Å². The fourth-order valence-electron chi connectivity index (χ4n) is 5.04. The number of ether oxygens (including phenoxy) is 6. The topological polar surface area (TPSA) is 67.7 Å². The van der Waals surface area contributed by atoms with Gasteiger partial charge in [-0.1, -0.05) is 121 Å². The molecule has 0 saturated carbocycles. The van der Waals surface area contributed by atoms with E-state index in [-0.39, 0.29) is 0 Å². The lowest BCUT2D eigenvalue weighted by atomic mass is 9.96. The van der Waals surface area contributed by atoms with E-state index >= 15 is 0 Å². The third-order valence-corrected chi connectivity index (χ3v) is 7.32. The van der Waals surface area contributed by atoms with Crippen LogP contribution < -0.4 is 0 Å². The Hall–Kier alpha value is -3.85. The molecule has 0 radical (unpaired) electrons. The minimum Gasteiger partial charge on any atom is -0.477 e. The highest BCUT2D eigenvalue weighted by Crippen LogP contribution is 2.28. The highest BCUT2D eigenvalue weighted by Gasteiger charge is 2.45. The van der Waals surface area contributed by atoms with Gasteiger partial charge in [-0.05, 0) is 22.3 Å². The van der Waals surface area contributed by atoms with E-state index in [9.17, 15) is 0 Å². The van der Waals surface area contributed by atoms with Gasteiger partial charge in [0.2, 0.25) is 5.90 Å². The maximum Gasteiger partial charge on any atom is 0.216 e. The zero-order valence-corrected chi connectivity index (χ0v) is 25.2. The standard InChI is InChI=1S/C37H41NO6/c1-39-22-23-41-37-36(44-27-32-20-12-5-13-21-32)35(43-26-31-18-10-4-11-19-31)34(42-25-30-16-8-3-9-17-30)33(38-37)28-40-24-29-14-6-2-7-15-29/h2-21,33-36H,22-28H2,1H3/t33-,34-,35+,36+/m1/s1. The molecule has 230 valence electrons. The van der Waals surface area contributed by atoms with Gasteiger partial charge in [-0.2, -0.15) is 0 Å². The van der Waals surface area contributed by atoms with Crippen LogP contribution in [-0.4, -0.2) is 57.2 Å². The van der Waals surface area contributed by atoms with Crippen molar-refractivity contribution in [2.45, 2.75) is 50.8 Å². The SMILES string of the molecule is COCCOC1=N[C@H](COCc2ccccc2)[C@@H](OCc2ccccc2)[C@H](OCc2ccccc2)[C@@H]1OCc1ccccc1. The van der Waals surface area contributed by atoms with Crippen LogP contribution in [0.2, 0.25) is 0 Å². The second-order valence-corrected chi connectivity index (χ2v) is 10.6. The Morgan fingerprint density at radius 3 is 1.48 bits per heavy atom. The fourth-order valence-corrected chi connectivity index (χ4v) is 5.04. The molecule has 1 aliphatic heterocycles. The quantitative estimate of drug-likeness (QED) is 0.140. The molecule has 5 rings (SSSR count). The Labute approximate surface area is 260 Å². The molecular weight excluding hydrogens is 554 g/mol. The summed E-state index contributed by atoms with van der Waals surface area (Å²) in [5.74, 6) is 0.462. The van der Waals surface area contributed by atoms with Gasteiger partial charge in [0.05, 0.1) is 39.6 Å². The van der Waals surface area contributed by atoms with Crippen molar-refractivity contribution in [2.75, 3.05) is 26.9 Å². The van der Waals surface area contributed by atoms with Gasteiger partial charge >= 0.3 is 0 Å². The number of nitrogens with zero attached hydrogens (tertiary/aromatic N) is 1. The summed E-state index contributed by atoms with van der Waals surface area (Å²) in [6, 6.07) is 40.0. The summed E-state index contributed by atoms with van der Waals surface area (Å²) < 4.78 is 37.7. The molecule has 0 fully saturated rings. The van der Waals surface area contributed by atoms with Gasteiger partial charge < -0.3 is 28.4 Å². The molecule has 0 N–H and O–H groups in total. The van der Waals surface area contributed by atoms with Gasteiger partial charge in [-0.15, -0.1) is 0 Å². The van der Waals surface area contributed by atoms with E-state index in [1.54, 1.807) is 7.11 Å². The van der Waals surface area contributed by atoms with E-state index in [4.69, 9.17) is 33.4 Å². The van der Waals surface area contributed by atoms with Crippen LogP contribution in [0.25, 0.3) is 0 Å². The lowest BCUT2D eigenvalue weighted by molar-refractivity contribution is -0.155. The molecular formula is C37H41NO6. The zero-order valence-electron chi connectivity index (χ0n) is 25.2. The van der Waals surface area contributed by atoms with Crippen LogP contribution in [0.5, 0.6) is 0 Å². The molecule has 0 bridgehead atoms. The summed E-state index contributed by atoms with van der Waals surface area (Å²) in [5, 5.41) is 0. The van der Waals surface area contributed by atoms with E-state index in [0.29, 0.717) is 52.1 Å². The largest absolute Gasteiger partial charge is 0.477 e. The summed E-state index contributed by atoms with van der Waals surface area (Å²) in [5.41, 5.74) is 4.25. The van der Waals surface area contributed by atoms with E-state index in [0.717, 1.165) is 22.3 Å². The fraction of sp³-hybridized carbons (Fsp3) is 0.324. The first-order chi connectivity index (χ1) is 21.8. The molecule has 44 heavy (non-hydrogen) atoms. The lowest BCUT2D eigenvalue weighted by Crippen LogP contribution is -2.56. The maximum absolute atomic E-state index is 6.70. The van der Waals surface area contributed by atoms with Crippen molar-refractivity contribution < 1.29 is 28.4 Å². The van der Waals surface area contributed by atoms with E-state index < -0.39 is 24.4 Å². The van der Waals surface area contributed by atoms with Crippen LogP contribution in [0.15, 0.2) is 126 Å². The van der Waals surface area contributed by atoms with E-state index in [2.05, 4.69) is 12.1 Å². The Kier molecular flexibility index (Phi) is 12.5. The van der Waals surface area contributed by atoms with E-state index in [1.165, 1.54) is 0 Å². The molecule has 0 aliphatic carbocycles. The molecule has 1 heterocycles. The molecule has 0 saturated heterocycles. The zero-order chi connectivity index (χ0) is 30.2. The van der Waals surface area contributed by atoms with Crippen molar-refractivity contribution in [1.82, 2.24) is 0 Å². The van der Waals surface area contributed by atoms with Gasteiger partial charge in [-0.25, -0.2) is 4.99 Å². The van der Waals surface area contributed by atoms with Crippen molar-refractivity contribution in [3.05, 3.63) is 144 Å². The average molecular weight is 596 g/mol. The summed E-state index contributed by atoms with van der Waals surface area (Å²) in [6.07, 6.45) is -1.60. The number of rotatable bonds is 16. The third-order valence-electron chi connectivity index (χ3n) is 7.32. The minimum atomic E-state index is -0.609. The number of hydrogen-bond acceptors (Lipinski definition) is 7. The van der Waals surface area contributed by atoms with Gasteiger partial charge in [0.25, 0.3) is 0 Å². The summed E-state index contributed by atoms with van der Waals surface area (Å²) in [4.78, 5) is 5.06. The third kappa shape index (κ3) is 9.58. The average Bonchev–Trinajstić information content (AvgIpc) is 3.08. The van der Waals surface area contributed by atoms with Crippen molar-refractivity contribution >= 4 is 5.90 Å². The Morgan fingerprint density at radius 2 is 0.977 bits per heavy atom. The van der Waals surface area contributed by atoms with Crippen LogP contribution in [0.3, 0.4) is 0 Å². The van der Waals surface area contributed by atoms with Crippen LogP contribution in [0.1, 0.15) is 22.3 Å². The maximum atomic E-state index is 6.70. The summed E-state index contributed by atoms with van der Waals surface area (Å²) in [6.45, 7) is 2.67. The van der Waals surface area contributed by atoms with Crippen molar-refractivity contribution in [1.29, 1.82) is 0 Å². The number of hydrogen-bond donors (Lipinski definition) is 0. The molecule has 4 aromatic carbocycles. The van der Waals surface area contributed by atoms with Crippen molar-refractivity contribution in [3.63, 3.8) is 0 Å². The smallest absolute Gasteiger partial charge is 0.216 e. The predicted molar refractivity (Wildman–Crippen MR) is 170 cm³/mol. The van der Waals surface area contributed by atoms with Crippen molar-refractivity contribution in [3.8, 4) is 0 Å².